The Bertz CT molecular complexity index is 239. The number of rotatable bonds is 4. The molecule has 0 amide bonds. The minimum Gasteiger partial charge on any atom is -0.329 e. The third-order valence-corrected chi connectivity index (χ3v) is 3.34. The average Bonchev–Trinajstić information content (AvgIpc) is 2.70. The van der Waals surface area contributed by atoms with Gasteiger partial charge in [0, 0.05) is 23.5 Å². The summed E-state index contributed by atoms with van der Waals surface area (Å²) in [4.78, 5) is 1.40. The van der Waals surface area contributed by atoms with Gasteiger partial charge in [0.05, 0.1) is 0 Å². The molecule has 1 heterocycles. The van der Waals surface area contributed by atoms with Gasteiger partial charge in [-0.25, -0.2) is 0 Å². The molecule has 2 nitrogen and oxygen atoms in total. The summed E-state index contributed by atoms with van der Waals surface area (Å²) in [5.74, 6) is 0. The number of hydrogen-bond acceptors (Lipinski definition) is 3. The summed E-state index contributed by atoms with van der Waals surface area (Å²) >= 11 is 1.80. The quantitative estimate of drug-likeness (QED) is 0.737. The van der Waals surface area contributed by atoms with Gasteiger partial charge in [-0.2, -0.15) is 0 Å². The molecule has 66 valence electrons. The van der Waals surface area contributed by atoms with Crippen molar-refractivity contribution in [3.8, 4) is 0 Å². The van der Waals surface area contributed by atoms with Crippen molar-refractivity contribution in [3.05, 3.63) is 22.4 Å². The summed E-state index contributed by atoms with van der Waals surface area (Å²) in [6.45, 7) is 1.76. The van der Waals surface area contributed by atoms with Gasteiger partial charge in [-0.3, -0.25) is 0 Å². The predicted molar refractivity (Wildman–Crippen MR) is 52.2 cm³/mol. The number of nitrogens with one attached hydrogen (secondary N) is 1. The molecule has 0 unspecified atom stereocenters. The second-order valence-electron chi connectivity index (χ2n) is 3.42. The highest BCUT2D eigenvalue weighted by Gasteiger charge is 2.40. The van der Waals surface area contributed by atoms with Crippen LogP contribution in [-0.2, 0) is 6.54 Å². The Labute approximate surface area is 76.8 Å². The molecule has 1 aliphatic rings. The lowest BCUT2D eigenvalue weighted by Crippen LogP contribution is -2.37. The van der Waals surface area contributed by atoms with E-state index in [9.17, 15) is 0 Å². The van der Waals surface area contributed by atoms with Crippen molar-refractivity contribution in [2.24, 2.45) is 5.73 Å². The normalized spacial score (nSPS) is 19.4. The lowest BCUT2D eigenvalue weighted by atomic mass is 10.2. The summed E-state index contributed by atoms with van der Waals surface area (Å²) in [6.07, 6.45) is 2.49. The number of nitrogens with two attached hydrogens (primary N) is 1. The van der Waals surface area contributed by atoms with E-state index in [0.717, 1.165) is 13.1 Å². The standard InChI is InChI=1S/C9H14N2S/c10-7-9(3-4-9)11-6-8-2-1-5-12-8/h1-2,5,11H,3-4,6-7,10H2. The molecule has 3 N–H and O–H groups in total. The third kappa shape index (κ3) is 1.68. The van der Waals surface area contributed by atoms with Gasteiger partial charge in [-0.05, 0) is 24.3 Å². The molecular weight excluding hydrogens is 168 g/mol. The van der Waals surface area contributed by atoms with Gasteiger partial charge in [0.15, 0.2) is 0 Å². The molecule has 0 atom stereocenters. The van der Waals surface area contributed by atoms with E-state index >= 15 is 0 Å². The van der Waals surface area contributed by atoms with E-state index in [2.05, 4.69) is 22.8 Å². The first-order valence-electron chi connectivity index (χ1n) is 4.32. The van der Waals surface area contributed by atoms with Crippen molar-refractivity contribution in [2.45, 2.75) is 24.9 Å². The molecule has 3 heteroatoms. The molecule has 1 aromatic rings. The smallest absolute Gasteiger partial charge is 0.0308 e. The lowest BCUT2D eigenvalue weighted by molar-refractivity contribution is 0.508. The molecule has 0 aliphatic heterocycles. The van der Waals surface area contributed by atoms with E-state index in [1.54, 1.807) is 11.3 Å². The average molecular weight is 182 g/mol. The SMILES string of the molecule is NCC1(NCc2cccs2)CC1. The molecule has 2 rings (SSSR count). The van der Waals surface area contributed by atoms with E-state index in [0.29, 0.717) is 5.54 Å². The first-order valence-corrected chi connectivity index (χ1v) is 5.20. The van der Waals surface area contributed by atoms with Crippen molar-refractivity contribution < 1.29 is 0 Å². The van der Waals surface area contributed by atoms with Crippen LogP contribution in [0, 0.1) is 0 Å². The Morgan fingerprint density at radius 3 is 2.92 bits per heavy atom. The maximum absolute atomic E-state index is 5.65. The van der Waals surface area contributed by atoms with E-state index in [1.807, 2.05) is 0 Å². The molecular formula is C9H14N2S. The minimum atomic E-state index is 0.296. The summed E-state index contributed by atoms with van der Waals surface area (Å²) in [5, 5.41) is 5.62. The number of hydrogen-bond donors (Lipinski definition) is 2. The fraction of sp³-hybridized carbons (Fsp3) is 0.556. The van der Waals surface area contributed by atoms with Crippen molar-refractivity contribution in [3.63, 3.8) is 0 Å². The largest absolute Gasteiger partial charge is 0.329 e. The first-order chi connectivity index (χ1) is 5.85. The maximum atomic E-state index is 5.65. The van der Waals surface area contributed by atoms with Crippen LogP contribution in [0.3, 0.4) is 0 Å². The Kier molecular flexibility index (Phi) is 2.17. The monoisotopic (exact) mass is 182 g/mol. The molecule has 1 aromatic heterocycles. The van der Waals surface area contributed by atoms with Crippen molar-refractivity contribution in [2.75, 3.05) is 6.54 Å². The van der Waals surface area contributed by atoms with Gasteiger partial charge in [0.1, 0.15) is 0 Å². The van der Waals surface area contributed by atoms with Crippen LogP contribution in [0.1, 0.15) is 17.7 Å². The van der Waals surface area contributed by atoms with Crippen LogP contribution < -0.4 is 11.1 Å². The van der Waals surface area contributed by atoms with Gasteiger partial charge < -0.3 is 11.1 Å². The summed E-state index contributed by atoms with van der Waals surface area (Å²) in [5.41, 5.74) is 5.94. The van der Waals surface area contributed by atoms with Crippen molar-refractivity contribution in [1.82, 2.24) is 5.32 Å². The van der Waals surface area contributed by atoms with Crippen molar-refractivity contribution >= 4 is 11.3 Å². The highest BCUT2D eigenvalue weighted by atomic mass is 32.1. The van der Waals surface area contributed by atoms with Crippen LogP contribution >= 0.6 is 11.3 Å². The fourth-order valence-electron chi connectivity index (χ4n) is 1.29. The molecule has 0 bridgehead atoms. The van der Waals surface area contributed by atoms with Crippen LogP contribution in [-0.4, -0.2) is 12.1 Å². The van der Waals surface area contributed by atoms with Crippen LogP contribution in [0.15, 0.2) is 17.5 Å². The van der Waals surface area contributed by atoms with Crippen LogP contribution in [0.25, 0.3) is 0 Å². The Hall–Kier alpha value is -0.380. The molecule has 0 saturated heterocycles. The van der Waals surface area contributed by atoms with Gasteiger partial charge in [-0.15, -0.1) is 11.3 Å². The molecule has 0 radical (unpaired) electrons. The zero-order chi connectivity index (χ0) is 8.44. The predicted octanol–water partition coefficient (Wildman–Crippen LogP) is 1.33. The highest BCUT2D eigenvalue weighted by molar-refractivity contribution is 7.09. The van der Waals surface area contributed by atoms with Crippen LogP contribution in [0.4, 0.5) is 0 Å². The maximum Gasteiger partial charge on any atom is 0.0308 e. The van der Waals surface area contributed by atoms with Gasteiger partial charge in [0.25, 0.3) is 0 Å². The van der Waals surface area contributed by atoms with E-state index in [1.165, 1.54) is 17.7 Å². The second-order valence-corrected chi connectivity index (χ2v) is 4.45. The van der Waals surface area contributed by atoms with E-state index in [-0.39, 0.29) is 0 Å². The Morgan fingerprint density at radius 1 is 1.58 bits per heavy atom. The Balaban J connectivity index is 1.83. The topological polar surface area (TPSA) is 38.0 Å². The van der Waals surface area contributed by atoms with Gasteiger partial charge >= 0.3 is 0 Å². The van der Waals surface area contributed by atoms with E-state index in [4.69, 9.17) is 5.73 Å². The van der Waals surface area contributed by atoms with Crippen molar-refractivity contribution in [1.29, 1.82) is 0 Å². The molecule has 12 heavy (non-hydrogen) atoms. The zero-order valence-electron chi connectivity index (χ0n) is 7.05. The lowest BCUT2D eigenvalue weighted by Gasteiger charge is -2.13. The minimum absolute atomic E-state index is 0.296. The Morgan fingerprint density at radius 2 is 2.42 bits per heavy atom. The fourth-order valence-corrected chi connectivity index (χ4v) is 1.94. The third-order valence-electron chi connectivity index (χ3n) is 2.46. The summed E-state index contributed by atoms with van der Waals surface area (Å²) < 4.78 is 0. The molecule has 0 aromatic carbocycles. The van der Waals surface area contributed by atoms with Gasteiger partial charge in [0.2, 0.25) is 0 Å². The molecule has 1 fully saturated rings. The summed E-state index contributed by atoms with van der Waals surface area (Å²) in [6, 6.07) is 4.24. The molecule has 1 aliphatic carbocycles. The zero-order valence-corrected chi connectivity index (χ0v) is 7.86. The molecule has 1 saturated carbocycles. The van der Waals surface area contributed by atoms with E-state index < -0.39 is 0 Å². The summed E-state index contributed by atoms with van der Waals surface area (Å²) in [7, 11) is 0. The van der Waals surface area contributed by atoms with Gasteiger partial charge in [-0.1, -0.05) is 6.07 Å². The van der Waals surface area contributed by atoms with Crippen LogP contribution in [0.2, 0.25) is 0 Å². The first kappa shape index (κ1) is 8.23. The highest BCUT2D eigenvalue weighted by Crippen LogP contribution is 2.34. The second kappa shape index (κ2) is 3.17. The van der Waals surface area contributed by atoms with Crippen LogP contribution in [0.5, 0.6) is 0 Å². The number of thiophene rings is 1. The molecule has 0 spiro atoms.